The molecule has 0 fully saturated rings. The van der Waals surface area contributed by atoms with E-state index in [9.17, 15) is 18.0 Å². The third-order valence-corrected chi connectivity index (χ3v) is 4.78. The molecule has 1 rings (SSSR count). The third kappa shape index (κ3) is 4.52. The molecule has 0 heterocycles. The zero-order chi connectivity index (χ0) is 18.0. The minimum atomic E-state index is -4.03. The zero-order valence-electron chi connectivity index (χ0n) is 13.8. The molecule has 0 aliphatic rings. The molecule has 0 saturated carbocycles. The van der Waals surface area contributed by atoms with Gasteiger partial charge in [-0.05, 0) is 30.0 Å². The van der Waals surface area contributed by atoms with Crippen LogP contribution in [0.2, 0.25) is 0 Å². The van der Waals surface area contributed by atoms with Crippen molar-refractivity contribution in [2.75, 3.05) is 7.11 Å². The summed E-state index contributed by atoms with van der Waals surface area (Å²) in [6.07, 6.45) is 0. The molecule has 128 valence electrons. The molecule has 0 bridgehead atoms. The number of primary amides is 1. The monoisotopic (exact) mass is 342 g/mol. The fourth-order valence-corrected chi connectivity index (χ4v) is 3.37. The van der Waals surface area contributed by atoms with Gasteiger partial charge in [-0.2, -0.15) is 4.72 Å². The highest BCUT2D eigenvalue weighted by Gasteiger charge is 2.36. The summed E-state index contributed by atoms with van der Waals surface area (Å²) in [6, 6.07) is 2.95. The van der Waals surface area contributed by atoms with Gasteiger partial charge in [-0.1, -0.05) is 26.8 Å². The molecule has 1 aromatic carbocycles. The van der Waals surface area contributed by atoms with Gasteiger partial charge in [-0.3, -0.25) is 9.59 Å². The van der Waals surface area contributed by atoms with Crippen molar-refractivity contribution in [2.45, 2.75) is 38.6 Å². The van der Waals surface area contributed by atoms with Gasteiger partial charge in [0.15, 0.2) is 0 Å². The molecule has 3 N–H and O–H groups in total. The van der Waals surface area contributed by atoms with Crippen LogP contribution in [0.5, 0.6) is 0 Å². The van der Waals surface area contributed by atoms with Crippen LogP contribution < -0.4 is 10.5 Å². The smallest absolute Gasteiger partial charge is 0.324 e. The average molecular weight is 342 g/mol. The van der Waals surface area contributed by atoms with E-state index < -0.39 is 33.4 Å². The molecule has 0 aliphatic heterocycles. The Kier molecular flexibility index (Phi) is 5.55. The van der Waals surface area contributed by atoms with E-state index in [-0.39, 0.29) is 10.5 Å². The summed E-state index contributed by atoms with van der Waals surface area (Å²) in [4.78, 5) is 23.1. The fraction of sp³-hybridized carbons (Fsp3) is 0.467. The van der Waals surface area contributed by atoms with Crippen molar-refractivity contribution in [1.82, 2.24) is 4.72 Å². The molecular formula is C15H22N2O5S. The van der Waals surface area contributed by atoms with E-state index in [0.29, 0.717) is 5.56 Å². The van der Waals surface area contributed by atoms with E-state index in [1.807, 2.05) is 0 Å². The maximum atomic E-state index is 12.5. The average Bonchev–Trinajstić information content (AvgIpc) is 2.42. The lowest BCUT2D eigenvalue weighted by Crippen LogP contribution is -2.49. The lowest BCUT2D eigenvalue weighted by atomic mass is 9.87. The standard InChI is InChI=1S/C15H22N2O5S/c1-9-6-7-10(8-11(9)13(16)18)23(20,21)17-12(14(19)22-5)15(2,3)4/h6-8,12,17H,1-5H3,(H2,16,18)/t12-/m0/s1. The van der Waals surface area contributed by atoms with Crippen LogP contribution in [0, 0.1) is 12.3 Å². The highest BCUT2D eigenvalue weighted by Crippen LogP contribution is 2.23. The van der Waals surface area contributed by atoms with Crippen LogP contribution in [0.25, 0.3) is 0 Å². The number of methoxy groups -OCH3 is 1. The number of hydrogen-bond donors (Lipinski definition) is 2. The number of carbonyl (C=O) groups is 2. The van der Waals surface area contributed by atoms with Crippen molar-refractivity contribution in [2.24, 2.45) is 11.1 Å². The number of benzene rings is 1. The number of nitrogens with one attached hydrogen (secondary N) is 1. The lowest BCUT2D eigenvalue weighted by molar-refractivity contribution is -0.145. The number of aryl methyl sites for hydroxylation is 1. The minimum Gasteiger partial charge on any atom is -0.468 e. The number of esters is 1. The number of sulfonamides is 1. The number of nitrogens with two attached hydrogens (primary N) is 1. The molecule has 0 aromatic heterocycles. The Bertz CT molecular complexity index is 720. The SMILES string of the molecule is COC(=O)[C@H](NS(=O)(=O)c1ccc(C)c(C(N)=O)c1)C(C)(C)C. The molecule has 1 atom stereocenters. The first kappa shape index (κ1) is 19.1. The van der Waals surface area contributed by atoms with Gasteiger partial charge in [-0.25, -0.2) is 8.42 Å². The molecule has 1 aromatic rings. The number of carbonyl (C=O) groups excluding carboxylic acids is 2. The number of hydrogen-bond acceptors (Lipinski definition) is 5. The van der Waals surface area contributed by atoms with Gasteiger partial charge in [-0.15, -0.1) is 0 Å². The second-order valence-corrected chi connectivity index (χ2v) is 8.00. The molecule has 8 heteroatoms. The van der Waals surface area contributed by atoms with Crippen LogP contribution >= 0.6 is 0 Å². The molecule has 0 radical (unpaired) electrons. The van der Waals surface area contributed by atoms with Gasteiger partial charge in [0.05, 0.1) is 12.0 Å². The van der Waals surface area contributed by atoms with Crippen LogP contribution in [0.15, 0.2) is 23.1 Å². The van der Waals surface area contributed by atoms with Crippen molar-refractivity contribution in [3.8, 4) is 0 Å². The van der Waals surface area contributed by atoms with E-state index in [4.69, 9.17) is 5.73 Å². The van der Waals surface area contributed by atoms with Gasteiger partial charge in [0.2, 0.25) is 15.9 Å². The van der Waals surface area contributed by atoms with Gasteiger partial charge in [0.1, 0.15) is 6.04 Å². The first-order valence-corrected chi connectivity index (χ1v) is 8.39. The Morgan fingerprint density at radius 2 is 1.83 bits per heavy atom. The van der Waals surface area contributed by atoms with Crippen LogP contribution in [0.3, 0.4) is 0 Å². The quantitative estimate of drug-likeness (QED) is 0.773. The summed E-state index contributed by atoms with van der Waals surface area (Å²) in [7, 11) is -2.84. The predicted octanol–water partition coefficient (Wildman–Crippen LogP) is 0.960. The van der Waals surface area contributed by atoms with Gasteiger partial charge >= 0.3 is 5.97 Å². The minimum absolute atomic E-state index is 0.109. The molecule has 0 spiro atoms. The van der Waals surface area contributed by atoms with Crippen LogP contribution in [0.4, 0.5) is 0 Å². The van der Waals surface area contributed by atoms with Gasteiger partial charge in [0, 0.05) is 5.56 Å². The fourth-order valence-electron chi connectivity index (χ4n) is 1.95. The lowest BCUT2D eigenvalue weighted by Gasteiger charge is -2.28. The van der Waals surface area contributed by atoms with E-state index >= 15 is 0 Å². The van der Waals surface area contributed by atoms with Crippen molar-refractivity contribution in [1.29, 1.82) is 0 Å². The highest BCUT2D eigenvalue weighted by atomic mass is 32.2. The van der Waals surface area contributed by atoms with E-state index in [1.165, 1.54) is 25.3 Å². The summed E-state index contributed by atoms with van der Waals surface area (Å²) < 4.78 is 32.0. The highest BCUT2D eigenvalue weighted by molar-refractivity contribution is 7.89. The van der Waals surface area contributed by atoms with Gasteiger partial charge in [0.25, 0.3) is 0 Å². The molecule has 0 aliphatic carbocycles. The van der Waals surface area contributed by atoms with Crippen molar-refractivity contribution in [3.05, 3.63) is 29.3 Å². The first-order chi connectivity index (χ1) is 10.4. The number of amides is 1. The second-order valence-electron chi connectivity index (χ2n) is 6.28. The van der Waals surface area contributed by atoms with Gasteiger partial charge < -0.3 is 10.5 Å². The number of rotatable bonds is 5. The van der Waals surface area contributed by atoms with E-state index in [1.54, 1.807) is 27.7 Å². The Morgan fingerprint density at radius 3 is 2.26 bits per heavy atom. The maximum Gasteiger partial charge on any atom is 0.324 e. The zero-order valence-corrected chi connectivity index (χ0v) is 14.7. The van der Waals surface area contributed by atoms with Crippen LogP contribution in [-0.2, 0) is 19.6 Å². The van der Waals surface area contributed by atoms with Crippen molar-refractivity contribution >= 4 is 21.9 Å². The van der Waals surface area contributed by atoms with E-state index in [0.717, 1.165) is 0 Å². The first-order valence-electron chi connectivity index (χ1n) is 6.90. The second kappa shape index (κ2) is 6.67. The molecule has 7 nitrogen and oxygen atoms in total. The summed E-state index contributed by atoms with van der Waals surface area (Å²) in [6.45, 7) is 6.78. The third-order valence-electron chi connectivity index (χ3n) is 3.36. The Labute approximate surface area is 136 Å². The van der Waals surface area contributed by atoms with E-state index in [2.05, 4.69) is 9.46 Å². The number of ether oxygens (including phenoxy) is 1. The Balaban J connectivity index is 3.28. The summed E-state index contributed by atoms with van der Waals surface area (Å²) in [5.41, 5.74) is 5.22. The topological polar surface area (TPSA) is 116 Å². The maximum absolute atomic E-state index is 12.5. The Morgan fingerprint density at radius 1 is 1.26 bits per heavy atom. The molecule has 23 heavy (non-hydrogen) atoms. The summed E-state index contributed by atoms with van der Waals surface area (Å²) in [5, 5.41) is 0. The predicted molar refractivity (Wildman–Crippen MR) is 85.3 cm³/mol. The molecular weight excluding hydrogens is 320 g/mol. The summed E-state index contributed by atoms with van der Waals surface area (Å²) in [5.74, 6) is -1.41. The molecule has 0 unspecified atom stereocenters. The van der Waals surface area contributed by atoms with Crippen molar-refractivity contribution < 1.29 is 22.7 Å². The van der Waals surface area contributed by atoms with Crippen LogP contribution in [-0.4, -0.2) is 33.4 Å². The van der Waals surface area contributed by atoms with Crippen molar-refractivity contribution in [3.63, 3.8) is 0 Å². The Hall–Kier alpha value is -1.93. The van der Waals surface area contributed by atoms with Crippen LogP contribution in [0.1, 0.15) is 36.7 Å². The summed E-state index contributed by atoms with van der Waals surface area (Å²) >= 11 is 0. The largest absolute Gasteiger partial charge is 0.468 e. The molecule has 1 amide bonds. The normalized spacial score (nSPS) is 13.4. The molecule has 0 saturated heterocycles.